The van der Waals surface area contributed by atoms with Gasteiger partial charge in [0.15, 0.2) is 0 Å². The number of rotatable bonds is 3. The van der Waals surface area contributed by atoms with E-state index in [0.29, 0.717) is 11.3 Å². The fraction of sp³-hybridized carbons (Fsp3) is 0.222. The van der Waals surface area contributed by atoms with Gasteiger partial charge in [-0.05, 0) is 16.8 Å². The molecular weight excluding hydrogens is 154 g/mol. The van der Waals surface area contributed by atoms with Crippen LogP contribution in [-0.2, 0) is 4.79 Å². The largest absolute Gasteiger partial charge is 0.303 e. The van der Waals surface area contributed by atoms with E-state index >= 15 is 0 Å². The minimum Gasteiger partial charge on any atom is -0.303 e. The van der Waals surface area contributed by atoms with Crippen molar-refractivity contribution >= 4 is 12.0 Å². The molecule has 12 heavy (non-hydrogen) atoms. The highest BCUT2D eigenvalue weighted by molar-refractivity contribution is 5.66. The van der Waals surface area contributed by atoms with Crippen molar-refractivity contribution in [3.05, 3.63) is 34.7 Å². The molecule has 3 nitrogen and oxygen atoms in total. The zero-order valence-electron chi connectivity index (χ0n) is 6.73. The Balaban J connectivity index is 3.12. The topological polar surface area (TPSA) is 46.5 Å². The summed E-state index contributed by atoms with van der Waals surface area (Å²) < 4.78 is 0. The van der Waals surface area contributed by atoms with Gasteiger partial charge in [-0.15, -0.1) is 4.91 Å². The maximum Gasteiger partial charge on any atom is 0.127 e. The van der Waals surface area contributed by atoms with E-state index in [9.17, 15) is 9.70 Å². The highest BCUT2D eigenvalue weighted by Crippen LogP contribution is 2.24. The number of carbonyl (C=O) groups is 1. The molecule has 0 saturated heterocycles. The molecule has 1 unspecified atom stereocenters. The first-order valence-corrected chi connectivity index (χ1v) is 3.67. The van der Waals surface area contributed by atoms with Gasteiger partial charge in [-0.1, -0.05) is 25.1 Å². The van der Waals surface area contributed by atoms with Crippen LogP contribution in [0.2, 0.25) is 0 Å². The number of hydrogen-bond donors (Lipinski definition) is 0. The maximum atomic E-state index is 10.4. The van der Waals surface area contributed by atoms with Crippen LogP contribution in [-0.4, -0.2) is 6.29 Å². The molecule has 0 spiro atoms. The normalized spacial score (nSPS) is 12.1. The Morgan fingerprint density at radius 1 is 1.42 bits per heavy atom. The lowest BCUT2D eigenvalue weighted by Crippen LogP contribution is -1.93. The van der Waals surface area contributed by atoms with E-state index in [0.717, 1.165) is 6.29 Å². The van der Waals surface area contributed by atoms with Crippen molar-refractivity contribution in [3.8, 4) is 0 Å². The zero-order valence-corrected chi connectivity index (χ0v) is 6.73. The third-order valence-corrected chi connectivity index (χ3v) is 1.73. The fourth-order valence-corrected chi connectivity index (χ4v) is 1.03. The minimum atomic E-state index is -0.265. The summed E-state index contributed by atoms with van der Waals surface area (Å²) in [5.74, 6) is -0.265. The van der Waals surface area contributed by atoms with Crippen LogP contribution in [0.4, 0.5) is 5.69 Å². The molecule has 0 aromatic heterocycles. The van der Waals surface area contributed by atoms with Gasteiger partial charge in [0.1, 0.15) is 12.0 Å². The van der Waals surface area contributed by atoms with Crippen LogP contribution in [0, 0.1) is 4.91 Å². The average Bonchev–Trinajstić information content (AvgIpc) is 2.16. The molecule has 0 amide bonds. The highest BCUT2D eigenvalue weighted by Gasteiger charge is 2.08. The van der Waals surface area contributed by atoms with Crippen molar-refractivity contribution in [3.63, 3.8) is 0 Å². The molecule has 0 bridgehead atoms. The Kier molecular flexibility index (Phi) is 2.69. The van der Waals surface area contributed by atoms with Crippen molar-refractivity contribution in [2.45, 2.75) is 12.8 Å². The smallest absolute Gasteiger partial charge is 0.127 e. The molecule has 0 aliphatic carbocycles. The Bertz CT molecular complexity index is 296. The van der Waals surface area contributed by atoms with E-state index in [-0.39, 0.29) is 5.92 Å². The summed E-state index contributed by atoms with van der Waals surface area (Å²) in [6, 6.07) is 6.83. The van der Waals surface area contributed by atoms with Gasteiger partial charge in [-0.3, -0.25) is 0 Å². The van der Waals surface area contributed by atoms with Gasteiger partial charge in [0.05, 0.1) is 0 Å². The van der Waals surface area contributed by atoms with Gasteiger partial charge in [0.2, 0.25) is 0 Å². The molecule has 1 rings (SSSR count). The zero-order chi connectivity index (χ0) is 8.97. The van der Waals surface area contributed by atoms with Gasteiger partial charge in [0.25, 0.3) is 0 Å². The summed E-state index contributed by atoms with van der Waals surface area (Å²) in [6.45, 7) is 1.73. The Labute approximate surface area is 70.4 Å². The first-order valence-electron chi connectivity index (χ1n) is 3.67. The standard InChI is InChI=1S/C9H9NO2/c1-7(6-11)8-4-2-3-5-9(8)10-12/h2-7H,1H3. The summed E-state index contributed by atoms with van der Waals surface area (Å²) in [6.07, 6.45) is 0.796. The van der Waals surface area contributed by atoms with Crippen molar-refractivity contribution in [2.24, 2.45) is 5.18 Å². The van der Waals surface area contributed by atoms with E-state index in [1.807, 2.05) is 0 Å². The van der Waals surface area contributed by atoms with Crippen LogP contribution in [0.3, 0.4) is 0 Å². The first-order chi connectivity index (χ1) is 5.79. The third-order valence-electron chi connectivity index (χ3n) is 1.73. The van der Waals surface area contributed by atoms with Crippen LogP contribution in [0.1, 0.15) is 18.4 Å². The molecule has 1 atom stereocenters. The molecule has 1 aromatic rings. The highest BCUT2D eigenvalue weighted by atomic mass is 16.3. The van der Waals surface area contributed by atoms with Crippen molar-refractivity contribution in [2.75, 3.05) is 0 Å². The monoisotopic (exact) mass is 163 g/mol. The summed E-state index contributed by atoms with van der Waals surface area (Å²) >= 11 is 0. The molecule has 0 fully saturated rings. The van der Waals surface area contributed by atoms with Crippen LogP contribution < -0.4 is 0 Å². The van der Waals surface area contributed by atoms with Crippen molar-refractivity contribution in [1.29, 1.82) is 0 Å². The number of benzene rings is 1. The molecule has 0 aliphatic rings. The third kappa shape index (κ3) is 1.56. The van der Waals surface area contributed by atoms with E-state index in [1.165, 1.54) is 0 Å². The van der Waals surface area contributed by atoms with Crippen LogP contribution >= 0.6 is 0 Å². The summed E-state index contributed by atoms with van der Waals surface area (Å²) in [7, 11) is 0. The molecule has 0 heterocycles. The molecule has 1 aromatic carbocycles. The lowest BCUT2D eigenvalue weighted by Gasteiger charge is -2.04. The molecule has 0 radical (unpaired) electrons. The quantitative estimate of drug-likeness (QED) is 0.507. The predicted molar refractivity (Wildman–Crippen MR) is 46.4 cm³/mol. The number of aldehydes is 1. The summed E-state index contributed by atoms with van der Waals surface area (Å²) in [5, 5.41) is 2.83. The van der Waals surface area contributed by atoms with Gasteiger partial charge in [-0.25, -0.2) is 0 Å². The SMILES string of the molecule is CC(C=O)c1ccccc1N=O. The van der Waals surface area contributed by atoms with Gasteiger partial charge < -0.3 is 4.79 Å². The lowest BCUT2D eigenvalue weighted by molar-refractivity contribution is -0.108. The van der Waals surface area contributed by atoms with Crippen molar-refractivity contribution < 1.29 is 4.79 Å². The van der Waals surface area contributed by atoms with Gasteiger partial charge >= 0.3 is 0 Å². The number of carbonyl (C=O) groups excluding carboxylic acids is 1. The van der Waals surface area contributed by atoms with E-state index in [4.69, 9.17) is 0 Å². The molecular formula is C9H9NO2. The van der Waals surface area contributed by atoms with E-state index in [1.54, 1.807) is 31.2 Å². The number of hydrogen-bond acceptors (Lipinski definition) is 3. The Hall–Kier alpha value is -1.51. The fourth-order valence-electron chi connectivity index (χ4n) is 1.03. The number of nitroso groups, excluding NO2 is 1. The molecule has 3 heteroatoms. The van der Waals surface area contributed by atoms with Crippen molar-refractivity contribution in [1.82, 2.24) is 0 Å². The second kappa shape index (κ2) is 3.76. The Morgan fingerprint density at radius 3 is 2.67 bits per heavy atom. The predicted octanol–water partition coefficient (Wildman–Crippen LogP) is 2.39. The average molecular weight is 163 g/mol. The molecule has 0 aliphatic heterocycles. The van der Waals surface area contributed by atoms with Gasteiger partial charge in [0, 0.05) is 5.92 Å². The summed E-state index contributed by atoms with van der Waals surface area (Å²) in [5.41, 5.74) is 1.03. The second-order valence-corrected chi connectivity index (χ2v) is 2.57. The first kappa shape index (κ1) is 8.59. The lowest BCUT2D eigenvalue weighted by atomic mass is 10.0. The van der Waals surface area contributed by atoms with Crippen LogP contribution in [0.25, 0.3) is 0 Å². The Morgan fingerprint density at radius 2 is 2.08 bits per heavy atom. The van der Waals surface area contributed by atoms with E-state index in [2.05, 4.69) is 5.18 Å². The van der Waals surface area contributed by atoms with Crippen LogP contribution in [0.5, 0.6) is 0 Å². The van der Waals surface area contributed by atoms with Gasteiger partial charge in [-0.2, -0.15) is 0 Å². The minimum absolute atomic E-state index is 0.265. The molecule has 0 N–H and O–H groups in total. The second-order valence-electron chi connectivity index (χ2n) is 2.57. The number of nitrogens with zero attached hydrogens (tertiary/aromatic N) is 1. The summed E-state index contributed by atoms with van der Waals surface area (Å²) in [4.78, 5) is 20.7. The van der Waals surface area contributed by atoms with Crippen LogP contribution in [0.15, 0.2) is 29.4 Å². The molecule has 0 saturated carbocycles. The maximum absolute atomic E-state index is 10.4. The van der Waals surface area contributed by atoms with E-state index < -0.39 is 0 Å². The molecule has 62 valence electrons.